The molecule has 0 fully saturated rings. The van der Waals surface area contributed by atoms with Gasteiger partial charge in [-0.05, 0) is 58.7 Å². The first-order valence-corrected chi connectivity index (χ1v) is 12.1. The molecule has 0 aliphatic heterocycles. The predicted octanol–water partition coefficient (Wildman–Crippen LogP) is 4.99. The van der Waals surface area contributed by atoms with E-state index in [1.54, 1.807) is 0 Å². The molecule has 6 heteroatoms. The van der Waals surface area contributed by atoms with E-state index in [9.17, 15) is 13.6 Å². The van der Waals surface area contributed by atoms with Crippen LogP contribution in [0.15, 0.2) is 66.7 Å². The Morgan fingerprint density at radius 1 is 0.914 bits per heavy atom. The van der Waals surface area contributed by atoms with Crippen molar-refractivity contribution in [2.75, 3.05) is 6.54 Å². The van der Waals surface area contributed by atoms with Crippen LogP contribution in [0.5, 0.6) is 0 Å². The number of benzene rings is 3. The van der Waals surface area contributed by atoms with E-state index in [2.05, 4.69) is 54.8 Å². The number of hydrogen-bond acceptors (Lipinski definition) is 3. The lowest BCUT2D eigenvalue weighted by Crippen LogP contribution is -2.52. The molecule has 2 atom stereocenters. The molecule has 1 amide bonds. The van der Waals surface area contributed by atoms with Gasteiger partial charge in [-0.2, -0.15) is 0 Å². The number of halogens is 2. The van der Waals surface area contributed by atoms with Gasteiger partial charge < -0.3 is 16.4 Å². The highest BCUT2D eigenvalue weighted by molar-refractivity contribution is 5.73. The molecule has 0 spiro atoms. The second kappa shape index (κ2) is 12.6. The summed E-state index contributed by atoms with van der Waals surface area (Å²) in [6.45, 7) is 6.84. The van der Waals surface area contributed by atoms with E-state index in [0.29, 0.717) is 24.6 Å². The quantitative estimate of drug-likeness (QED) is 0.363. The van der Waals surface area contributed by atoms with Gasteiger partial charge >= 0.3 is 0 Å². The highest BCUT2D eigenvalue weighted by Gasteiger charge is 2.20. The molecule has 4 N–H and O–H groups in total. The Bertz CT molecular complexity index is 1100. The number of hydrogen-bond donors (Lipinski definition) is 3. The van der Waals surface area contributed by atoms with Gasteiger partial charge in [0, 0.05) is 38.2 Å². The molecule has 1 unspecified atom stereocenters. The largest absolute Gasteiger partial charge is 0.352 e. The van der Waals surface area contributed by atoms with Crippen LogP contribution >= 0.6 is 0 Å². The fraction of sp³-hybridized carbons (Fsp3) is 0.345. The van der Waals surface area contributed by atoms with Crippen molar-refractivity contribution in [3.63, 3.8) is 0 Å². The van der Waals surface area contributed by atoms with E-state index in [4.69, 9.17) is 5.73 Å². The molecule has 35 heavy (non-hydrogen) atoms. The fourth-order valence-electron chi connectivity index (χ4n) is 4.36. The summed E-state index contributed by atoms with van der Waals surface area (Å²) in [5, 5.41) is 6.26. The van der Waals surface area contributed by atoms with Gasteiger partial charge in [-0.1, -0.05) is 62.4 Å². The summed E-state index contributed by atoms with van der Waals surface area (Å²) in [6, 6.07) is 19.3. The minimum absolute atomic E-state index is 0.232. The van der Waals surface area contributed by atoms with Crippen molar-refractivity contribution in [3.8, 4) is 11.1 Å². The molecule has 0 saturated heterocycles. The zero-order chi connectivity index (χ0) is 25.4. The van der Waals surface area contributed by atoms with E-state index in [0.717, 1.165) is 23.6 Å². The van der Waals surface area contributed by atoms with E-state index in [1.165, 1.54) is 30.2 Å². The van der Waals surface area contributed by atoms with Crippen LogP contribution in [-0.2, 0) is 24.2 Å². The van der Waals surface area contributed by atoms with Crippen molar-refractivity contribution in [1.29, 1.82) is 0 Å². The van der Waals surface area contributed by atoms with E-state index in [-0.39, 0.29) is 12.3 Å². The average molecular weight is 480 g/mol. The predicted molar refractivity (Wildman–Crippen MR) is 138 cm³/mol. The molecule has 0 radical (unpaired) electrons. The zero-order valence-corrected chi connectivity index (χ0v) is 20.7. The summed E-state index contributed by atoms with van der Waals surface area (Å²) >= 11 is 0. The summed E-state index contributed by atoms with van der Waals surface area (Å²) in [5.74, 6) is -0.987. The van der Waals surface area contributed by atoms with Gasteiger partial charge in [0.05, 0.1) is 0 Å². The number of rotatable bonds is 11. The summed E-state index contributed by atoms with van der Waals surface area (Å²) in [5.41, 5.74) is 11.6. The molecular weight excluding hydrogens is 444 g/mol. The summed E-state index contributed by atoms with van der Waals surface area (Å²) < 4.78 is 27.3. The van der Waals surface area contributed by atoms with Crippen molar-refractivity contribution < 1.29 is 13.6 Å². The van der Waals surface area contributed by atoms with Gasteiger partial charge in [0.1, 0.15) is 11.6 Å². The van der Waals surface area contributed by atoms with Crippen LogP contribution < -0.4 is 16.4 Å². The molecule has 0 heterocycles. The monoisotopic (exact) mass is 479 g/mol. The SMILES string of the molecule is CC(=O)N[C@@H](Cc1cc(F)cc(F)c1)C(N)CNCc1cc(CC(C)C)ccc1-c1ccccc1. The van der Waals surface area contributed by atoms with Gasteiger partial charge in [-0.15, -0.1) is 0 Å². The molecule has 0 aromatic heterocycles. The van der Waals surface area contributed by atoms with Crippen molar-refractivity contribution >= 4 is 5.91 Å². The summed E-state index contributed by atoms with van der Waals surface area (Å²) in [4.78, 5) is 11.8. The van der Waals surface area contributed by atoms with Crippen LogP contribution in [0.2, 0.25) is 0 Å². The smallest absolute Gasteiger partial charge is 0.217 e. The third-order valence-corrected chi connectivity index (χ3v) is 5.88. The summed E-state index contributed by atoms with van der Waals surface area (Å²) in [6.07, 6.45) is 1.23. The van der Waals surface area contributed by atoms with Gasteiger partial charge in [0.15, 0.2) is 0 Å². The maximum Gasteiger partial charge on any atom is 0.217 e. The fourth-order valence-corrected chi connectivity index (χ4v) is 4.36. The zero-order valence-electron chi connectivity index (χ0n) is 20.7. The molecular formula is C29H35F2N3O. The van der Waals surface area contributed by atoms with Crippen LogP contribution in [0, 0.1) is 17.6 Å². The lowest BCUT2D eigenvalue weighted by atomic mass is 9.94. The minimum Gasteiger partial charge on any atom is -0.352 e. The van der Waals surface area contributed by atoms with Crippen LogP contribution in [0.1, 0.15) is 37.5 Å². The average Bonchev–Trinajstić information content (AvgIpc) is 2.78. The molecule has 3 aromatic carbocycles. The van der Waals surface area contributed by atoms with Gasteiger partial charge in [0.2, 0.25) is 5.91 Å². The second-order valence-corrected chi connectivity index (χ2v) is 9.54. The maximum atomic E-state index is 13.7. The molecule has 0 bridgehead atoms. The highest BCUT2D eigenvalue weighted by atomic mass is 19.1. The normalized spacial score (nSPS) is 13.0. The molecule has 0 saturated carbocycles. The number of amides is 1. The Balaban J connectivity index is 1.73. The molecule has 0 aliphatic carbocycles. The third kappa shape index (κ3) is 8.26. The number of carbonyl (C=O) groups is 1. The first-order valence-electron chi connectivity index (χ1n) is 12.1. The number of nitrogens with two attached hydrogens (primary N) is 1. The topological polar surface area (TPSA) is 67.2 Å². The van der Waals surface area contributed by atoms with Crippen LogP contribution in [0.25, 0.3) is 11.1 Å². The first kappa shape index (κ1) is 26.5. The lowest BCUT2D eigenvalue weighted by molar-refractivity contribution is -0.119. The Morgan fingerprint density at radius 2 is 1.60 bits per heavy atom. The van der Waals surface area contributed by atoms with Crippen molar-refractivity contribution in [2.24, 2.45) is 11.7 Å². The van der Waals surface area contributed by atoms with Crippen LogP contribution in [-0.4, -0.2) is 24.5 Å². The van der Waals surface area contributed by atoms with Crippen LogP contribution in [0.3, 0.4) is 0 Å². The van der Waals surface area contributed by atoms with Crippen molar-refractivity contribution in [1.82, 2.24) is 10.6 Å². The van der Waals surface area contributed by atoms with Crippen LogP contribution in [0.4, 0.5) is 8.78 Å². The Labute approximate surface area is 206 Å². The highest BCUT2D eigenvalue weighted by Crippen LogP contribution is 2.26. The third-order valence-electron chi connectivity index (χ3n) is 5.88. The van der Waals surface area contributed by atoms with Gasteiger partial charge in [-0.3, -0.25) is 4.79 Å². The minimum atomic E-state index is -0.650. The van der Waals surface area contributed by atoms with Gasteiger partial charge in [0.25, 0.3) is 0 Å². The molecule has 3 rings (SSSR count). The Kier molecular flexibility index (Phi) is 9.52. The Morgan fingerprint density at radius 3 is 2.23 bits per heavy atom. The standard InChI is InChI=1S/C29H35F2N3O/c1-19(2)11-21-9-10-27(23-7-5-4-6-8-23)24(12-21)17-33-18-28(32)29(34-20(3)35)15-22-13-25(30)16-26(31)14-22/h4-10,12-14,16,19,28-29,33H,11,15,17-18,32H2,1-3H3,(H,34,35)/t28?,29-/m0/s1. The van der Waals surface area contributed by atoms with Crippen molar-refractivity contribution in [3.05, 3.63) is 95.1 Å². The first-order chi connectivity index (χ1) is 16.7. The van der Waals surface area contributed by atoms with Crippen molar-refractivity contribution in [2.45, 2.75) is 52.2 Å². The maximum absolute atomic E-state index is 13.7. The second-order valence-electron chi connectivity index (χ2n) is 9.54. The Hall–Kier alpha value is -3.09. The summed E-state index contributed by atoms with van der Waals surface area (Å²) in [7, 11) is 0. The van der Waals surface area contributed by atoms with E-state index >= 15 is 0 Å². The lowest BCUT2D eigenvalue weighted by Gasteiger charge is -2.25. The molecule has 4 nitrogen and oxygen atoms in total. The molecule has 186 valence electrons. The van der Waals surface area contributed by atoms with E-state index < -0.39 is 23.7 Å². The van der Waals surface area contributed by atoms with Gasteiger partial charge in [-0.25, -0.2) is 8.78 Å². The number of nitrogens with one attached hydrogen (secondary N) is 2. The molecule has 0 aliphatic rings. The molecule has 3 aromatic rings. The number of carbonyl (C=O) groups excluding carboxylic acids is 1. The van der Waals surface area contributed by atoms with E-state index in [1.807, 2.05) is 18.2 Å².